The summed E-state index contributed by atoms with van der Waals surface area (Å²) in [7, 11) is 1.60. The van der Waals surface area contributed by atoms with Crippen LogP contribution in [0.4, 0.5) is 5.69 Å². The van der Waals surface area contributed by atoms with Crippen LogP contribution in [0, 0.1) is 0 Å². The van der Waals surface area contributed by atoms with Crippen molar-refractivity contribution in [3.05, 3.63) is 53.6 Å². The third-order valence-electron chi connectivity index (χ3n) is 6.02. The van der Waals surface area contributed by atoms with Crippen molar-refractivity contribution < 1.29 is 49.3 Å². The molecule has 1 aliphatic rings. The van der Waals surface area contributed by atoms with Crippen LogP contribution in [0.1, 0.15) is 24.2 Å². The molecule has 7 atom stereocenters. The van der Waals surface area contributed by atoms with Crippen LogP contribution in [0.3, 0.4) is 0 Å². The molecule has 2 unspecified atom stereocenters. The quantitative estimate of drug-likeness (QED) is 0.184. The van der Waals surface area contributed by atoms with Gasteiger partial charge in [-0.2, -0.15) is 0 Å². The highest BCUT2D eigenvalue weighted by Gasteiger charge is 2.48. The Balaban J connectivity index is 1.65. The molecule has 0 bridgehead atoms. The first-order chi connectivity index (χ1) is 17.6. The minimum Gasteiger partial charge on any atom is -0.497 e. The van der Waals surface area contributed by atoms with Gasteiger partial charge in [0.15, 0.2) is 6.10 Å². The Morgan fingerprint density at radius 3 is 2.43 bits per heavy atom. The highest BCUT2D eigenvalue weighted by molar-refractivity contribution is 5.76. The van der Waals surface area contributed by atoms with Crippen molar-refractivity contribution in [2.45, 2.75) is 56.2 Å². The van der Waals surface area contributed by atoms with Gasteiger partial charge in [-0.1, -0.05) is 18.2 Å². The van der Waals surface area contributed by atoms with Crippen LogP contribution in [0.2, 0.25) is 0 Å². The number of nitrogens with one attached hydrogen (secondary N) is 2. The molecule has 0 radical (unpaired) electrons. The van der Waals surface area contributed by atoms with Gasteiger partial charge in [0.05, 0.1) is 18.9 Å². The Labute approximate surface area is 213 Å². The molecule has 0 saturated carbocycles. The SMILES string of the molecule is COc1ccc(C[C@@H](C)NC[C@H](O)c2ccc(O[C@@H]3OC(C(=O)O)[C@@H](O)C(O)[C@@H]3O)c(NC=O)c2)cc1. The van der Waals surface area contributed by atoms with Crippen LogP contribution in [-0.2, 0) is 20.7 Å². The fourth-order valence-electron chi connectivity index (χ4n) is 3.93. The third-order valence-corrected chi connectivity index (χ3v) is 6.02. The summed E-state index contributed by atoms with van der Waals surface area (Å²) in [6, 6.07) is 12.1. The van der Waals surface area contributed by atoms with Crippen molar-refractivity contribution in [1.82, 2.24) is 5.32 Å². The summed E-state index contributed by atoms with van der Waals surface area (Å²) >= 11 is 0. The summed E-state index contributed by atoms with van der Waals surface area (Å²) in [6.07, 6.45) is -8.79. The maximum atomic E-state index is 11.3. The molecule has 12 nitrogen and oxygen atoms in total. The predicted molar refractivity (Wildman–Crippen MR) is 130 cm³/mol. The van der Waals surface area contributed by atoms with Gasteiger partial charge in [0, 0.05) is 12.6 Å². The average molecular weight is 521 g/mol. The lowest BCUT2D eigenvalue weighted by atomic mass is 9.99. The molecule has 37 heavy (non-hydrogen) atoms. The Bertz CT molecular complexity index is 1050. The number of carbonyl (C=O) groups excluding carboxylic acids is 1. The number of carbonyl (C=O) groups is 2. The summed E-state index contributed by atoms with van der Waals surface area (Å²) in [4.78, 5) is 22.5. The highest BCUT2D eigenvalue weighted by Crippen LogP contribution is 2.32. The maximum absolute atomic E-state index is 11.3. The van der Waals surface area contributed by atoms with E-state index in [1.165, 1.54) is 18.2 Å². The van der Waals surface area contributed by atoms with Crippen molar-refractivity contribution in [3.63, 3.8) is 0 Å². The van der Waals surface area contributed by atoms with E-state index in [2.05, 4.69) is 10.6 Å². The largest absolute Gasteiger partial charge is 0.497 e. The first-order valence-corrected chi connectivity index (χ1v) is 11.6. The summed E-state index contributed by atoms with van der Waals surface area (Å²) < 4.78 is 15.8. The van der Waals surface area contributed by atoms with Crippen molar-refractivity contribution in [2.24, 2.45) is 0 Å². The number of hydrogen-bond donors (Lipinski definition) is 7. The zero-order valence-electron chi connectivity index (χ0n) is 20.4. The number of carboxylic acids is 1. The Hall–Kier alpha value is -3.26. The smallest absolute Gasteiger partial charge is 0.335 e. The van der Waals surface area contributed by atoms with Crippen LogP contribution in [0.25, 0.3) is 0 Å². The fourth-order valence-corrected chi connectivity index (χ4v) is 3.93. The molecule has 0 aromatic heterocycles. The summed E-state index contributed by atoms with van der Waals surface area (Å²) in [6.45, 7) is 2.20. The zero-order valence-corrected chi connectivity index (χ0v) is 20.4. The molecule has 1 amide bonds. The number of rotatable bonds is 12. The van der Waals surface area contributed by atoms with Gasteiger partial charge in [0.2, 0.25) is 12.7 Å². The van der Waals surface area contributed by atoms with E-state index in [-0.39, 0.29) is 24.0 Å². The van der Waals surface area contributed by atoms with Gasteiger partial charge in [-0.3, -0.25) is 4.79 Å². The molecular formula is C25H32N2O10. The van der Waals surface area contributed by atoms with Crippen LogP contribution in [0.15, 0.2) is 42.5 Å². The Morgan fingerprint density at radius 1 is 1.11 bits per heavy atom. The fraction of sp³-hybridized carbons (Fsp3) is 0.440. The number of anilines is 1. The number of aliphatic carboxylic acids is 1. The number of methoxy groups -OCH3 is 1. The van der Waals surface area contributed by atoms with E-state index in [0.717, 1.165) is 17.7 Å². The monoisotopic (exact) mass is 520 g/mol. The molecule has 2 aromatic carbocycles. The lowest BCUT2D eigenvalue weighted by Gasteiger charge is -2.38. The minimum atomic E-state index is -1.86. The number of ether oxygens (including phenoxy) is 3. The number of aliphatic hydroxyl groups is 4. The van der Waals surface area contributed by atoms with Crippen LogP contribution < -0.4 is 20.1 Å². The molecule has 1 aliphatic heterocycles. The van der Waals surface area contributed by atoms with Crippen LogP contribution >= 0.6 is 0 Å². The van der Waals surface area contributed by atoms with E-state index in [1.807, 2.05) is 31.2 Å². The van der Waals surface area contributed by atoms with E-state index in [1.54, 1.807) is 7.11 Å². The van der Waals surface area contributed by atoms with Crippen molar-refractivity contribution >= 4 is 18.1 Å². The molecule has 0 aliphatic carbocycles. The van der Waals surface area contributed by atoms with E-state index in [9.17, 15) is 35.1 Å². The molecule has 1 saturated heterocycles. The molecule has 3 rings (SSSR count). The lowest BCUT2D eigenvalue weighted by Crippen LogP contribution is -2.61. The van der Waals surface area contributed by atoms with E-state index < -0.39 is 42.8 Å². The summed E-state index contributed by atoms with van der Waals surface area (Å²) in [5.74, 6) is -0.793. The molecule has 2 aromatic rings. The minimum absolute atomic E-state index is 0.0133. The number of carboxylic acid groups (broad SMARTS) is 1. The van der Waals surface area contributed by atoms with Gasteiger partial charge in [-0.25, -0.2) is 4.79 Å². The van der Waals surface area contributed by atoms with E-state index in [0.29, 0.717) is 12.0 Å². The topological polar surface area (TPSA) is 187 Å². The van der Waals surface area contributed by atoms with Gasteiger partial charge < -0.3 is 50.4 Å². The second-order valence-electron chi connectivity index (χ2n) is 8.75. The van der Waals surface area contributed by atoms with E-state index in [4.69, 9.17) is 14.2 Å². The maximum Gasteiger partial charge on any atom is 0.335 e. The molecule has 0 spiro atoms. The number of benzene rings is 2. The highest BCUT2D eigenvalue weighted by atomic mass is 16.7. The summed E-state index contributed by atoms with van der Waals surface area (Å²) in [5, 5.41) is 55.6. The molecule has 1 heterocycles. The first-order valence-electron chi connectivity index (χ1n) is 11.6. The molecule has 7 N–H and O–H groups in total. The molecular weight excluding hydrogens is 488 g/mol. The van der Waals surface area contributed by atoms with Gasteiger partial charge in [-0.05, 0) is 48.7 Å². The Morgan fingerprint density at radius 2 is 1.81 bits per heavy atom. The first kappa shape index (κ1) is 28.3. The molecule has 202 valence electrons. The third kappa shape index (κ3) is 7.16. The van der Waals surface area contributed by atoms with Gasteiger partial charge >= 0.3 is 5.97 Å². The molecule has 1 fully saturated rings. The molecule has 12 heteroatoms. The lowest BCUT2D eigenvalue weighted by molar-refractivity contribution is -0.271. The number of hydrogen-bond acceptors (Lipinski definition) is 10. The average Bonchev–Trinajstić information content (AvgIpc) is 2.88. The summed E-state index contributed by atoms with van der Waals surface area (Å²) in [5.41, 5.74) is 1.66. The van der Waals surface area contributed by atoms with E-state index >= 15 is 0 Å². The van der Waals surface area contributed by atoms with Crippen molar-refractivity contribution in [2.75, 3.05) is 19.0 Å². The van der Waals surface area contributed by atoms with Gasteiger partial charge in [0.25, 0.3) is 0 Å². The standard InChI is InChI=1S/C25H32N2O10/c1-13(9-14-3-6-16(35-2)7-4-14)26-11-18(29)15-5-8-19(17(10-15)27-12-28)36-25-22(32)20(30)21(31)23(37-25)24(33)34/h3-8,10,12-13,18,20-23,25-26,29-32H,9,11H2,1-2H3,(H,27,28)(H,33,34)/t13-,18+,20?,21+,22+,23?,25-/m1/s1. The van der Waals surface area contributed by atoms with Gasteiger partial charge in [0.1, 0.15) is 29.8 Å². The zero-order chi connectivity index (χ0) is 27.1. The second-order valence-corrected chi connectivity index (χ2v) is 8.75. The van der Waals surface area contributed by atoms with Crippen LogP contribution in [0.5, 0.6) is 11.5 Å². The van der Waals surface area contributed by atoms with Crippen LogP contribution in [-0.4, -0.2) is 88.3 Å². The van der Waals surface area contributed by atoms with Crippen molar-refractivity contribution in [1.29, 1.82) is 0 Å². The Kier molecular flexibility index (Phi) is 9.80. The second kappa shape index (κ2) is 12.8. The predicted octanol–water partition coefficient (Wildman–Crippen LogP) is -0.211. The number of aliphatic hydroxyl groups excluding tert-OH is 4. The van der Waals surface area contributed by atoms with Gasteiger partial charge in [-0.15, -0.1) is 0 Å². The number of amides is 1. The normalized spacial score (nSPS) is 25.1. The van der Waals surface area contributed by atoms with Crippen molar-refractivity contribution in [3.8, 4) is 11.5 Å².